The topological polar surface area (TPSA) is 38.0 Å². The number of nitrogens with one attached hydrogen (secondary N) is 1. The van der Waals surface area contributed by atoms with Gasteiger partial charge < -0.3 is 11.1 Å². The highest BCUT2D eigenvalue weighted by molar-refractivity contribution is 5.60. The van der Waals surface area contributed by atoms with Crippen LogP contribution in [0.15, 0.2) is 30.0 Å². The fourth-order valence-corrected chi connectivity index (χ4v) is 3.61. The van der Waals surface area contributed by atoms with Crippen molar-refractivity contribution in [1.29, 1.82) is 0 Å². The van der Waals surface area contributed by atoms with Gasteiger partial charge in [0.25, 0.3) is 0 Å². The van der Waals surface area contributed by atoms with Crippen LogP contribution in [0.3, 0.4) is 0 Å². The Labute approximate surface area is 142 Å². The quantitative estimate of drug-likeness (QED) is 0.699. The highest BCUT2D eigenvalue weighted by Crippen LogP contribution is 2.32. The van der Waals surface area contributed by atoms with E-state index in [0.717, 1.165) is 12.2 Å². The van der Waals surface area contributed by atoms with Gasteiger partial charge in [-0.15, -0.1) is 0 Å². The van der Waals surface area contributed by atoms with Crippen molar-refractivity contribution < 1.29 is 0 Å². The van der Waals surface area contributed by atoms with Crippen molar-refractivity contribution in [2.24, 2.45) is 11.7 Å². The van der Waals surface area contributed by atoms with Crippen LogP contribution in [0.25, 0.3) is 0 Å². The second-order valence-corrected chi connectivity index (χ2v) is 7.61. The third-order valence-corrected chi connectivity index (χ3v) is 4.94. The van der Waals surface area contributed by atoms with E-state index in [1.807, 2.05) is 0 Å². The van der Waals surface area contributed by atoms with Gasteiger partial charge in [0.2, 0.25) is 0 Å². The average molecular weight is 315 g/mol. The lowest BCUT2D eigenvalue weighted by atomic mass is 9.88. The molecule has 2 nitrogen and oxygen atoms in total. The number of allylic oxidation sites excluding steroid dienone is 1. The molecular formula is C21H34N2. The summed E-state index contributed by atoms with van der Waals surface area (Å²) in [5.74, 6) is 1.72. The summed E-state index contributed by atoms with van der Waals surface area (Å²) in [5.41, 5.74) is 11.4. The highest BCUT2D eigenvalue weighted by Gasteiger charge is 2.14. The summed E-state index contributed by atoms with van der Waals surface area (Å²) in [7, 11) is 0. The first-order valence-electron chi connectivity index (χ1n) is 9.32. The van der Waals surface area contributed by atoms with Gasteiger partial charge in [0.05, 0.1) is 6.54 Å². The second kappa shape index (κ2) is 8.42. The maximum absolute atomic E-state index is 6.30. The van der Waals surface area contributed by atoms with Crippen LogP contribution in [0.1, 0.15) is 82.8 Å². The minimum atomic E-state index is 0.514. The smallest absolute Gasteiger partial charge is 0.0542 e. The monoisotopic (exact) mass is 314 g/mol. The summed E-state index contributed by atoms with van der Waals surface area (Å²) >= 11 is 0. The third kappa shape index (κ3) is 5.02. The molecule has 0 radical (unpaired) electrons. The van der Waals surface area contributed by atoms with Gasteiger partial charge in [-0.2, -0.15) is 0 Å². The van der Waals surface area contributed by atoms with Crippen molar-refractivity contribution in [3.05, 3.63) is 41.1 Å². The number of para-hydroxylation sites is 1. The number of nitrogens with two attached hydrogens (primary N) is 1. The SMILES string of the molecule is CC(C)c1cccc(C(C)C)c1NC/C(N)=C\C1CCCCC1. The summed E-state index contributed by atoms with van der Waals surface area (Å²) in [5, 5.41) is 3.64. The molecule has 1 aromatic rings. The predicted molar refractivity (Wildman–Crippen MR) is 102 cm³/mol. The highest BCUT2D eigenvalue weighted by atomic mass is 14.9. The van der Waals surface area contributed by atoms with Crippen LogP contribution < -0.4 is 11.1 Å². The summed E-state index contributed by atoms with van der Waals surface area (Å²) in [4.78, 5) is 0. The van der Waals surface area contributed by atoms with Crippen LogP contribution in [0.4, 0.5) is 5.69 Å². The van der Waals surface area contributed by atoms with E-state index in [1.54, 1.807) is 0 Å². The Kier molecular flexibility index (Phi) is 6.56. The zero-order valence-corrected chi connectivity index (χ0v) is 15.4. The predicted octanol–water partition coefficient (Wildman–Crippen LogP) is 5.77. The van der Waals surface area contributed by atoms with E-state index in [4.69, 9.17) is 5.73 Å². The molecule has 0 spiro atoms. The molecular weight excluding hydrogens is 280 g/mol. The van der Waals surface area contributed by atoms with Crippen molar-refractivity contribution in [2.75, 3.05) is 11.9 Å². The molecule has 0 saturated heterocycles. The van der Waals surface area contributed by atoms with Crippen molar-refractivity contribution in [2.45, 2.75) is 71.6 Å². The maximum atomic E-state index is 6.30. The molecule has 2 heteroatoms. The molecule has 1 aliphatic carbocycles. The molecule has 128 valence electrons. The van der Waals surface area contributed by atoms with Gasteiger partial charge in [-0.3, -0.25) is 0 Å². The van der Waals surface area contributed by atoms with Crippen molar-refractivity contribution in [3.8, 4) is 0 Å². The Morgan fingerprint density at radius 3 is 2.17 bits per heavy atom. The van der Waals surface area contributed by atoms with Gasteiger partial charge in [0, 0.05) is 11.4 Å². The largest absolute Gasteiger partial charge is 0.401 e. The molecule has 1 aliphatic rings. The maximum Gasteiger partial charge on any atom is 0.0542 e. The van der Waals surface area contributed by atoms with Crippen LogP contribution >= 0.6 is 0 Å². The van der Waals surface area contributed by atoms with Gasteiger partial charge in [0.1, 0.15) is 0 Å². The number of rotatable bonds is 6. The van der Waals surface area contributed by atoms with Crippen LogP contribution in [0.5, 0.6) is 0 Å². The molecule has 0 aromatic heterocycles. The van der Waals surface area contributed by atoms with E-state index in [0.29, 0.717) is 17.8 Å². The standard InChI is InChI=1S/C21H34N2/c1-15(2)19-11-8-12-20(16(3)4)21(19)23-14-18(22)13-17-9-6-5-7-10-17/h8,11-13,15-17,23H,5-7,9-10,14,22H2,1-4H3/b18-13+. The van der Waals surface area contributed by atoms with Gasteiger partial charge >= 0.3 is 0 Å². The van der Waals surface area contributed by atoms with Crippen molar-refractivity contribution >= 4 is 5.69 Å². The zero-order valence-electron chi connectivity index (χ0n) is 15.4. The molecule has 0 unspecified atom stereocenters. The van der Waals surface area contributed by atoms with E-state index in [-0.39, 0.29) is 0 Å². The molecule has 3 N–H and O–H groups in total. The minimum Gasteiger partial charge on any atom is -0.401 e. The van der Waals surface area contributed by atoms with Gasteiger partial charge in [0.15, 0.2) is 0 Å². The Hall–Kier alpha value is -1.44. The van der Waals surface area contributed by atoms with Gasteiger partial charge in [-0.25, -0.2) is 0 Å². The molecule has 1 fully saturated rings. The number of hydrogen-bond donors (Lipinski definition) is 2. The van der Waals surface area contributed by atoms with E-state index in [2.05, 4.69) is 57.3 Å². The van der Waals surface area contributed by atoms with Crippen LogP contribution in [0, 0.1) is 5.92 Å². The Bertz CT molecular complexity index is 496. The van der Waals surface area contributed by atoms with Crippen molar-refractivity contribution in [1.82, 2.24) is 0 Å². The van der Waals surface area contributed by atoms with E-state index in [9.17, 15) is 0 Å². The molecule has 0 bridgehead atoms. The Morgan fingerprint density at radius 2 is 1.65 bits per heavy atom. The molecule has 2 rings (SSSR count). The number of hydrogen-bond acceptors (Lipinski definition) is 2. The Balaban J connectivity index is 2.10. The second-order valence-electron chi connectivity index (χ2n) is 7.61. The lowest BCUT2D eigenvalue weighted by Gasteiger charge is -2.22. The molecule has 0 heterocycles. The average Bonchev–Trinajstić information content (AvgIpc) is 2.53. The molecule has 0 aliphatic heterocycles. The minimum absolute atomic E-state index is 0.514. The molecule has 1 saturated carbocycles. The molecule has 23 heavy (non-hydrogen) atoms. The normalized spacial score (nSPS) is 17.0. The van der Waals surface area contributed by atoms with Gasteiger partial charge in [-0.05, 0) is 41.7 Å². The van der Waals surface area contributed by atoms with E-state index < -0.39 is 0 Å². The fourth-order valence-electron chi connectivity index (χ4n) is 3.61. The molecule has 0 atom stereocenters. The lowest BCUT2D eigenvalue weighted by molar-refractivity contribution is 0.417. The lowest BCUT2D eigenvalue weighted by Crippen LogP contribution is -2.16. The summed E-state index contributed by atoms with van der Waals surface area (Å²) < 4.78 is 0. The van der Waals surface area contributed by atoms with Crippen LogP contribution in [-0.4, -0.2) is 6.54 Å². The summed E-state index contributed by atoms with van der Waals surface area (Å²) in [6, 6.07) is 6.65. The molecule has 1 aromatic carbocycles. The van der Waals surface area contributed by atoms with Crippen LogP contribution in [-0.2, 0) is 0 Å². The summed E-state index contributed by atoms with van der Waals surface area (Å²) in [6.45, 7) is 9.77. The fraction of sp³-hybridized carbons (Fsp3) is 0.619. The van der Waals surface area contributed by atoms with Gasteiger partial charge in [-0.1, -0.05) is 71.2 Å². The first-order chi connectivity index (χ1) is 11.0. The van der Waals surface area contributed by atoms with E-state index >= 15 is 0 Å². The zero-order chi connectivity index (χ0) is 16.8. The first kappa shape index (κ1) is 17.9. The van der Waals surface area contributed by atoms with Crippen LogP contribution in [0.2, 0.25) is 0 Å². The van der Waals surface area contributed by atoms with E-state index in [1.165, 1.54) is 48.9 Å². The third-order valence-electron chi connectivity index (χ3n) is 4.94. The van der Waals surface area contributed by atoms with Crippen molar-refractivity contribution in [3.63, 3.8) is 0 Å². The Morgan fingerprint density at radius 1 is 1.09 bits per heavy atom. The number of benzene rings is 1. The number of anilines is 1. The first-order valence-corrected chi connectivity index (χ1v) is 9.32. The molecule has 0 amide bonds. The summed E-state index contributed by atoms with van der Waals surface area (Å²) in [6.07, 6.45) is 9.02.